The van der Waals surface area contributed by atoms with Crippen LogP contribution in [0.1, 0.15) is 34.1 Å². The zero-order chi connectivity index (χ0) is 24.1. The molecule has 1 N–H and O–H groups in total. The third-order valence-electron chi connectivity index (χ3n) is 5.32. The van der Waals surface area contributed by atoms with Crippen LogP contribution in [0.3, 0.4) is 0 Å². The maximum absolute atomic E-state index is 12.1. The van der Waals surface area contributed by atoms with Crippen LogP contribution in [0.25, 0.3) is 22.0 Å². The Morgan fingerprint density at radius 2 is 1.50 bits per heavy atom. The maximum Gasteiger partial charge on any atom is 0.338 e. The minimum absolute atomic E-state index is 0.0502. The van der Waals surface area contributed by atoms with Crippen molar-refractivity contribution in [2.24, 2.45) is 0 Å². The first-order valence-electron chi connectivity index (χ1n) is 11.1. The highest BCUT2D eigenvalue weighted by molar-refractivity contribution is 6.01. The number of benzene rings is 3. The Hall–Kier alpha value is -4.26. The fraction of sp³-hybridized carbons (Fsp3) is 0.185. The number of rotatable bonds is 7. The fourth-order valence-electron chi connectivity index (χ4n) is 3.54. The van der Waals surface area contributed by atoms with Gasteiger partial charge in [0, 0.05) is 41.7 Å². The van der Waals surface area contributed by atoms with Gasteiger partial charge in [-0.1, -0.05) is 43.3 Å². The molecule has 0 saturated carbocycles. The number of anilines is 2. The third kappa shape index (κ3) is 4.88. The zero-order valence-electron chi connectivity index (χ0n) is 19.4. The maximum atomic E-state index is 12.1. The number of hydrogen-bond donors (Lipinski definition) is 1. The summed E-state index contributed by atoms with van der Waals surface area (Å²) < 4.78 is 5.20. The molecule has 1 heterocycles. The Balaban J connectivity index is 1.62. The van der Waals surface area contributed by atoms with Gasteiger partial charge in [-0.15, -0.1) is 10.2 Å². The molecule has 172 valence electrons. The highest BCUT2D eigenvalue weighted by atomic mass is 16.5. The number of nitrogens with one attached hydrogen (secondary N) is 1. The van der Waals surface area contributed by atoms with E-state index in [9.17, 15) is 9.59 Å². The first kappa shape index (κ1) is 22.9. The molecule has 0 aliphatic carbocycles. The molecule has 4 aromatic rings. The van der Waals surface area contributed by atoms with Crippen molar-refractivity contribution < 1.29 is 14.3 Å². The van der Waals surface area contributed by atoms with Crippen molar-refractivity contribution in [2.75, 3.05) is 26.0 Å². The lowest BCUT2D eigenvalue weighted by atomic mass is 10.0. The lowest BCUT2D eigenvalue weighted by Crippen LogP contribution is -2.21. The molecule has 0 fully saturated rings. The van der Waals surface area contributed by atoms with Gasteiger partial charge in [-0.25, -0.2) is 4.79 Å². The highest BCUT2D eigenvalue weighted by Crippen LogP contribution is 2.31. The van der Waals surface area contributed by atoms with Gasteiger partial charge < -0.3 is 15.0 Å². The highest BCUT2D eigenvalue weighted by Gasteiger charge is 2.13. The molecule has 0 aliphatic rings. The van der Waals surface area contributed by atoms with E-state index in [0.29, 0.717) is 23.6 Å². The van der Waals surface area contributed by atoms with Crippen LogP contribution in [0.2, 0.25) is 0 Å². The number of fused-ring (bicyclic) bond motifs is 1. The molecular weight excluding hydrogens is 428 g/mol. The lowest BCUT2D eigenvalue weighted by molar-refractivity contribution is 0.0505. The van der Waals surface area contributed by atoms with E-state index in [1.54, 1.807) is 43.3 Å². The van der Waals surface area contributed by atoms with Gasteiger partial charge in [0.25, 0.3) is 5.91 Å². The van der Waals surface area contributed by atoms with Crippen molar-refractivity contribution in [3.05, 3.63) is 83.9 Å². The summed E-state index contributed by atoms with van der Waals surface area (Å²) in [6, 6.07) is 22.3. The zero-order valence-corrected chi connectivity index (χ0v) is 19.4. The van der Waals surface area contributed by atoms with Crippen molar-refractivity contribution in [3.8, 4) is 11.3 Å². The van der Waals surface area contributed by atoms with Gasteiger partial charge in [0.15, 0.2) is 5.82 Å². The minimum atomic E-state index is -0.331. The summed E-state index contributed by atoms with van der Waals surface area (Å²) in [7, 11) is 3.45. The second kappa shape index (κ2) is 10.1. The third-order valence-corrected chi connectivity index (χ3v) is 5.32. The van der Waals surface area contributed by atoms with E-state index in [-0.39, 0.29) is 11.9 Å². The minimum Gasteiger partial charge on any atom is -0.462 e. The number of hydrogen-bond acceptors (Lipinski definition) is 6. The van der Waals surface area contributed by atoms with Gasteiger partial charge in [0.05, 0.1) is 12.2 Å². The molecule has 0 unspecified atom stereocenters. The summed E-state index contributed by atoms with van der Waals surface area (Å²) in [5.74, 6) is 0.235. The molecule has 3 aromatic carbocycles. The molecule has 1 amide bonds. The van der Waals surface area contributed by atoms with Crippen molar-refractivity contribution in [3.63, 3.8) is 0 Å². The molecule has 0 spiro atoms. The van der Waals surface area contributed by atoms with Crippen molar-refractivity contribution in [2.45, 2.75) is 13.3 Å². The average molecular weight is 455 g/mol. The van der Waals surface area contributed by atoms with Crippen LogP contribution in [-0.4, -0.2) is 47.7 Å². The molecule has 4 rings (SSSR count). The van der Waals surface area contributed by atoms with Gasteiger partial charge in [0.1, 0.15) is 5.69 Å². The summed E-state index contributed by atoms with van der Waals surface area (Å²) in [6.45, 7) is 2.36. The molecule has 1 aromatic heterocycles. The van der Waals surface area contributed by atoms with E-state index < -0.39 is 0 Å². The van der Waals surface area contributed by atoms with Crippen LogP contribution in [-0.2, 0) is 4.74 Å². The Morgan fingerprint density at radius 3 is 2.15 bits per heavy atom. The van der Waals surface area contributed by atoms with Crippen LogP contribution in [0.5, 0.6) is 0 Å². The predicted molar refractivity (Wildman–Crippen MR) is 133 cm³/mol. The Morgan fingerprint density at radius 1 is 0.853 bits per heavy atom. The van der Waals surface area contributed by atoms with E-state index in [1.165, 1.54) is 0 Å². The Bertz CT molecular complexity index is 1320. The number of esters is 1. The standard InChI is InChI=1S/C27H26N4O3/c1-4-17-34-27(33)20-11-9-18(10-12-20)24-22-7-5-6-8-23(22)25(30-29-24)28-21-15-13-19(14-16-21)26(32)31(2)3/h5-16H,4,17H2,1-3H3,(H,28,30). The molecule has 0 aliphatic heterocycles. The number of carbonyl (C=O) groups excluding carboxylic acids is 2. The Kier molecular flexibility index (Phi) is 6.82. The monoisotopic (exact) mass is 454 g/mol. The number of carbonyl (C=O) groups is 2. The molecule has 0 bridgehead atoms. The van der Waals surface area contributed by atoms with E-state index >= 15 is 0 Å². The summed E-state index contributed by atoms with van der Waals surface area (Å²) in [5.41, 5.74) is 3.50. The van der Waals surface area contributed by atoms with Gasteiger partial charge in [0.2, 0.25) is 0 Å². The molecule has 0 atom stereocenters. The number of nitrogens with zero attached hydrogens (tertiary/aromatic N) is 3. The second-order valence-electron chi connectivity index (χ2n) is 8.06. The summed E-state index contributed by atoms with van der Waals surface area (Å²) in [5, 5.41) is 14.1. The fourth-order valence-corrected chi connectivity index (χ4v) is 3.54. The average Bonchev–Trinajstić information content (AvgIpc) is 2.87. The van der Waals surface area contributed by atoms with Crippen LogP contribution in [0.15, 0.2) is 72.8 Å². The molecular formula is C27H26N4O3. The smallest absolute Gasteiger partial charge is 0.338 e. The molecule has 0 radical (unpaired) electrons. The first-order valence-corrected chi connectivity index (χ1v) is 11.1. The van der Waals surface area contributed by atoms with Crippen molar-refractivity contribution in [1.82, 2.24) is 15.1 Å². The van der Waals surface area contributed by atoms with Crippen LogP contribution in [0, 0.1) is 0 Å². The van der Waals surface area contributed by atoms with Gasteiger partial charge in [-0.3, -0.25) is 4.79 Å². The number of ether oxygens (including phenoxy) is 1. The molecule has 7 heteroatoms. The molecule has 7 nitrogen and oxygen atoms in total. The SMILES string of the molecule is CCCOC(=O)c1ccc(-c2nnc(Nc3ccc(C(=O)N(C)C)cc3)c3ccccc23)cc1. The normalized spacial score (nSPS) is 10.7. The summed E-state index contributed by atoms with van der Waals surface area (Å²) in [6.07, 6.45) is 0.782. The van der Waals surface area contributed by atoms with Gasteiger partial charge >= 0.3 is 5.97 Å². The quantitative estimate of drug-likeness (QED) is 0.381. The number of aromatic nitrogens is 2. The van der Waals surface area contributed by atoms with Gasteiger partial charge in [-0.05, 0) is 42.8 Å². The first-order chi connectivity index (χ1) is 16.5. The number of amides is 1. The molecule has 0 saturated heterocycles. The molecule has 34 heavy (non-hydrogen) atoms. The largest absolute Gasteiger partial charge is 0.462 e. The van der Waals surface area contributed by atoms with E-state index in [2.05, 4.69) is 15.5 Å². The summed E-state index contributed by atoms with van der Waals surface area (Å²) in [4.78, 5) is 25.8. The second-order valence-corrected chi connectivity index (χ2v) is 8.06. The van der Waals surface area contributed by atoms with E-state index in [0.717, 1.165) is 34.1 Å². The van der Waals surface area contributed by atoms with E-state index in [1.807, 2.05) is 55.5 Å². The van der Waals surface area contributed by atoms with Crippen molar-refractivity contribution >= 4 is 34.2 Å². The predicted octanol–water partition coefficient (Wildman–Crippen LogP) is 5.31. The Labute approximate surface area is 198 Å². The summed E-state index contributed by atoms with van der Waals surface area (Å²) >= 11 is 0. The van der Waals surface area contributed by atoms with Crippen LogP contribution < -0.4 is 5.32 Å². The van der Waals surface area contributed by atoms with Crippen molar-refractivity contribution in [1.29, 1.82) is 0 Å². The van der Waals surface area contributed by atoms with Crippen LogP contribution in [0.4, 0.5) is 11.5 Å². The lowest BCUT2D eigenvalue weighted by Gasteiger charge is -2.13. The van der Waals surface area contributed by atoms with E-state index in [4.69, 9.17) is 4.74 Å². The topological polar surface area (TPSA) is 84.4 Å². The van der Waals surface area contributed by atoms with Gasteiger partial charge in [-0.2, -0.15) is 0 Å². The van der Waals surface area contributed by atoms with Crippen LogP contribution >= 0.6 is 0 Å².